The number of fused-ring (bicyclic) bond motifs is 2. The van der Waals surface area contributed by atoms with Crippen molar-refractivity contribution in [3.05, 3.63) is 83.6 Å². The van der Waals surface area contributed by atoms with Crippen molar-refractivity contribution in [2.75, 3.05) is 0 Å². The predicted octanol–water partition coefficient (Wildman–Crippen LogP) is 5.19. The van der Waals surface area contributed by atoms with Crippen LogP contribution >= 0.6 is 0 Å². The predicted molar refractivity (Wildman–Crippen MR) is 130 cm³/mol. The number of carbonyl (C=O) groups is 1. The fourth-order valence-electron chi connectivity index (χ4n) is 4.82. The molecule has 1 heterocycles. The molecule has 4 aromatic rings. The zero-order valence-corrected chi connectivity index (χ0v) is 18.1. The lowest BCUT2D eigenvalue weighted by atomic mass is 9.95. The molecule has 162 valence electrons. The second-order valence-electron chi connectivity index (χ2n) is 8.81. The van der Waals surface area contributed by atoms with Gasteiger partial charge in [-0.25, -0.2) is 0 Å². The van der Waals surface area contributed by atoms with Crippen molar-refractivity contribution in [1.82, 2.24) is 9.88 Å². The third kappa shape index (κ3) is 3.98. The summed E-state index contributed by atoms with van der Waals surface area (Å²) in [5.41, 5.74) is 9.17. The Morgan fingerprint density at radius 2 is 1.78 bits per heavy atom. The van der Waals surface area contributed by atoms with Gasteiger partial charge in [-0.15, -0.1) is 0 Å². The number of nitrogens with one attached hydrogen (secondary N) is 2. The molecule has 0 spiro atoms. The average Bonchev–Trinajstić information content (AvgIpc) is 3.17. The summed E-state index contributed by atoms with van der Waals surface area (Å²) in [5.74, 6) is 0.00768. The van der Waals surface area contributed by atoms with Gasteiger partial charge in [-0.05, 0) is 41.3 Å². The van der Waals surface area contributed by atoms with Crippen LogP contribution in [0.25, 0.3) is 21.7 Å². The van der Waals surface area contributed by atoms with E-state index in [1.807, 2.05) is 36.5 Å². The number of hydrogen-bond acceptors (Lipinski definition) is 2. The Hall–Kier alpha value is -3.60. The summed E-state index contributed by atoms with van der Waals surface area (Å²) in [6.45, 7) is 0.638. The van der Waals surface area contributed by atoms with Crippen molar-refractivity contribution in [3.8, 4) is 0 Å². The van der Waals surface area contributed by atoms with Crippen molar-refractivity contribution in [2.45, 2.75) is 44.7 Å². The standard InChI is InChI=1S/C27H28N4O/c28-26(29)21-12-13-23-24(27(32)30-22-8-2-1-3-9-22)17-31(25(23)15-21)16-18-10-11-19-6-4-5-7-20(19)14-18/h4-7,10-15,17,22H,1-3,8-9,16H2,(H3,28,29)(H,30,32). The van der Waals surface area contributed by atoms with Gasteiger partial charge < -0.3 is 15.6 Å². The maximum absolute atomic E-state index is 13.2. The first kappa shape index (κ1) is 20.3. The van der Waals surface area contributed by atoms with Gasteiger partial charge >= 0.3 is 0 Å². The van der Waals surface area contributed by atoms with Crippen molar-refractivity contribution in [2.24, 2.45) is 5.73 Å². The van der Waals surface area contributed by atoms with E-state index in [2.05, 4.69) is 40.2 Å². The molecule has 5 nitrogen and oxygen atoms in total. The molecule has 1 saturated carbocycles. The first-order chi connectivity index (χ1) is 15.6. The van der Waals surface area contributed by atoms with Crippen LogP contribution in [0, 0.1) is 5.41 Å². The third-order valence-corrected chi connectivity index (χ3v) is 6.55. The minimum atomic E-state index is -0.0188. The van der Waals surface area contributed by atoms with E-state index in [-0.39, 0.29) is 17.8 Å². The fourth-order valence-corrected chi connectivity index (χ4v) is 4.82. The molecule has 1 aliphatic rings. The maximum Gasteiger partial charge on any atom is 0.253 e. The molecule has 4 N–H and O–H groups in total. The van der Waals surface area contributed by atoms with Crippen LogP contribution in [0.1, 0.15) is 53.6 Å². The number of amides is 1. The van der Waals surface area contributed by atoms with E-state index < -0.39 is 0 Å². The summed E-state index contributed by atoms with van der Waals surface area (Å²) in [7, 11) is 0. The normalized spacial score (nSPS) is 14.6. The number of aromatic nitrogens is 1. The number of nitrogens with zero attached hydrogens (tertiary/aromatic N) is 1. The van der Waals surface area contributed by atoms with Crippen LogP contribution in [0.5, 0.6) is 0 Å². The highest BCUT2D eigenvalue weighted by Gasteiger charge is 2.20. The molecule has 0 radical (unpaired) electrons. The number of nitrogens with two attached hydrogens (primary N) is 1. The van der Waals surface area contributed by atoms with Gasteiger partial charge in [0, 0.05) is 35.2 Å². The molecule has 0 bridgehead atoms. The van der Waals surface area contributed by atoms with E-state index >= 15 is 0 Å². The Balaban J connectivity index is 1.53. The van der Waals surface area contributed by atoms with E-state index in [1.54, 1.807) is 0 Å². The first-order valence-electron chi connectivity index (χ1n) is 11.3. The Kier molecular flexibility index (Phi) is 5.39. The Bertz CT molecular complexity index is 1310. The Morgan fingerprint density at radius 3 is 2.56 bits per heavy atom. The highest BCUT2D eigenvalue weighted by Crippen LogP contribution is 2.26. The summed E-state index contributed by atoms with van der Waals surface area (Å²) < 4.78 is 2.10. The van der Waals surface area contributed by atoms with Gasteiger partial charge in [-0.1, -0.05) is 67.8 Å². The van der Waals surface area contributed by atoms with E-state index in [0.717, 1.165) is 29.3 Å². The van der Waals surface area contributed by atoms with Crippen LogP contribution in [0.2, 0.25) is 0 Å². The van der Waals surface area contributed by atoms with Crippen LogP contribution in [-0.2, 0) is 6.54 Å². The van der Waals surface area contributed by atoms with Gasteiger partial charge in [-0.2, -0.15) is 0 Å². The average molecular weight is 425 g/mol. The SMILES string of the molecule is N=C(N)c1ccc2c(C(=O)NC3CCCCC3)cn(Cc3ccc4ccccc4c3)c2c1. The molecule has 32 heavy (non-hydrogen) atoms. The summed E-state index contributed by atoms with van der Waals surface area (Å²) in [6.07, 6.45) is 7.66. The van der Waals surface area contributed by atoms with Crippen molar-refractivity contribution < 1.29 is 4.79 Å². The lowest BCUT2D eigenvalue weighted by molar-refractivity contribution is 0.0929. The molecule has 1 fully saturated rings. The lowest BCUT2D eigenvalue weighted by Crippen LogP contribution is -2.36. The highest BCUT2D eigenvalue weighted by molar-refractivity contribution is 6.09. The lowest BCUT2D eigenvalue weighted by Gasteiger charge is -2.22. The monoisotopic (exact) mass is 424 g/mol. The molecule has 5 rings (SSSR count). The molecule has 1 amide bonds. The van der Waals surface area contributed by atoms with E-state index in [4.69, 9.17) is 11.1 Å². The molecular formula is C27H28N4O. The smallest absolute Gasteiger partial charge is 0.253 e. The van der Waals surface area contributed by atoms with E-state index in [0.29, 0.717) is 17.7 Å². The number of hydrogen-bond donors (Lipinski definition) is 3. The van der Waals surface area contributed by atoms with Crippen molar-refractivity contribution in [1.29, 1.82) is 5.41 Å². The number of amidine groups is 1. The Morgan fingerprint density at radius 1 is 1.00 bits per heavy atom. The van der Waals surface area contributed by atoms with Gasteiger partial charge in [0.15, 0.2) is 0 Å². The van der Waals surface area contributed by atoms with Crippen LogP contribution in [0.4, 0.5) is 0 Å². The highest BCUT2D eigenvalue weighted by atomic mass is 16.1. The maximum atomic E-state index is 13.2. The quantitative estimate of drug-likeness (QED) is 0.304. The summed E-state index contributed by atoms with van der Waals surface area (Å²) >= 11 is 0. The largest absolute Gasteiger partial charge is 0.384 e. The number of rotatable bonds is 5. The van der Waals surface area contributed by atoms with Gasteiger partial charge in [0.2, 0.25) is 0 Å². The van der Waals surface area contributed by atoms with Gasteiger partial charge in [0.25, 0.3) is 5.91 Å². The minimum Gasteiger partial charge on any atom is -0.384 e. The number of carbonyl (C=O) groups excluding carboxylic acids is 1. The van der Waals surface area contributed by atoms with Crippen molar-refractivity contribution >= 4 is 33.4 Å². The zero-order chi connectivity index (χ0) is 22.1. The topological polar surface area (TPSA) is 83.9 Å². The molecular weight excluding hydrogens is 396 g/mol. The molecule has 3 aromatic carbocycles. The number of benzene rings is 3. The second-order valence-corrected chi connectivity index (χ2v) is 8.81. The molecule has 1 aromatic heterocycles. The van der Waals surface area contributed by atoms with E-state index in [1.165, 1.54) is 30.0 Å². The van der Waals surface area contributed by atoms with Crippen LogP contribution < -0.4 is 11.1 Å². The zero-order valence-electron chi connectivity index (χ0n) is 18.1. The first-order valence-corrected chi connectivity index (χ1v) is 11.3. The summed E-state index contributed by atoms with van der Waals surface area (Å²) in [5, 5.41) is 14.4. The molecule has 5 heteroatoms. The third-order valence-electron chi connectivity index (χ3n) is 6.55. The molecule has 1 aliphatic carbocycles. The van der Waals surface area contributed by atoms with Crippen molar-refractivity contribution in [3.63, 3.8) is 0 Å². The molecule has 0 atom stereocenters. The number of nitrogen functional groups attached to an aromatic ring is 1. The molecule has 0 saturated heterocycles. The van der Waals surface area contributed by atoms with Gasteiger partial charge in [-0.3, -0.25) is 10.2 Å². The van der Waals surface area contributed by atoms with Gasteiger partial charge in [0.1, 0.15) is 5.84 Å². The summed E-state index contributed by atoms with van der Waals surface area (Å²) in [4.78, 5) is 13.2. The minimum absolute atomic E-state index is 0.0188. The van der Waals surface area contributed by atoms with E-state index in [9.17, 15) is 4.79 Å². The summed E-state index contributed by atoms with van der Waals surface area (Å²) in [6, 6.07) is 20.7. The second kappa shape index (κ2) is 8.50. The van der Waals surface area contributed by atoms with Crippen LogP contribution in [0.15, 0.2) is 66.9 Å². The van der Waals surface area contributed by atoms with Crippen LogP contribution in [0.3, 0.4) is 0 Å². The van der Waals surface area contributed by atoms with Gasteiger partial charge in [0.05, 0.1) is 5.56 Å². The fraction of sp³-hybridized carbons (Fsp3) is 0.259. The molecule has 0 aliphatic heterocycles. The van der Waals surface area contributed by atoms with Crippen LogP contribution in [-0.4, -0.2) is 22.4 Å². The molecule has 0 unspecified atom stereocenters. The Labute approximate surface area is 187 Å².